The van der Waals surface area contributed by atoms with E-state index >= 15 is 0 Å². The number of nitrogens with zero attached hydrogens (tertiary/aromatic N) is 5. The molecule has 8 nitrogen and oxygen atoms in total. The van der Waals surface area contributed by atoms with Crippen LogP contribution >= 0.6 is 0 Å². The second-order valence-electron chi connectivity index (χ2n) is 7.07. The van der Waals surface area contributed by atoms with E-state index in [1.807, 2.05) is 53.1 Å². The van der Waals surface area contributed by atoms with Crippen molar-refractivity contribution in [2.24, 2.45) is 5.14 Å². The Hall–Kier alpha value is -3.95. The number of rotatable bonds is 6. The van der Waals surface area contributed by atoms with Crippen LogP contribution in [0.4, 0.5) is 5.82 Å². The Bertz CT molecular complexity index is 1400. The average Bonchev–Trinajstić information content (AvgIpc) is 3.29. The summed E-state index contributed by atoms with van der Waals surface area (Å²) in [4.78, 5) is 8.96. The SMILES string of the molecule is NS(=O)c1cncc(-c2nnc(NCc3ccccn3)c3c(-c4ccccc4)ccn23)c1. The lowest BCUT2D eigenvalue weighted by Crippen LogP contribution is -2.08. The Morgan fingerprint density at radius 3 is 2.59 bits per heavy atom. The van der Waals surface area contributed by atoms with Crippen LogP contribution in [0, 0.1) is 0 Å². The van der Waals surface area contributed by atoms with Crippen LogP contribution in [-0.2, 0) is 17.5 Å². The molecule has 0 aliphatic carbocycles. The molecule has 4 heterocycles. The number of fused-ring (bicyclic) bond motifs is 1. The van der Waals surface area contributed by atoms with Crippen molar-refractivity contribution in [3.05, 3.63) is 91.1 Å². The van der Waals surface area contributed by atoms with Gasteiger partial charge in [0, 0.05) is 35.9 Å². The van der Waals surface area contributed by atoms with Crippen molar-refractivity contribution in [3.63, 3.8) is 0 Å². The molecule has 0 bridgehead atoms. The third-order valence-electron chi connectivity index (χ3n) is 5.04. The molecule has 9 heteroatoms. The van der Waals surface area contributed by atoms with Crippen molar-refractivity contribution in [1.82, 2.24) is 24.6 Å². The van der Waals surface area contributed by atoms with Crippen LogP contribution < -0.4 is 10.5 Å². The zero-order chi connectivity index (χ0) is 21.9. The maximum Gasteiger partial charge on any atom is 0.174 e. The fourth-order valence-electron chi connectivity index (χ4n) is 3.54. The summed E-state index contributed by atoms with van der Waals surface area (Å²) >= 11 is 0. The second kappa shape index (κ2) is 8.66. The largest absolute Gasteiger partial charge is 0.361 e. The van der Waals surface area contributed by atoms with E-state index in [1.54, 1.807) is 18.5 Å². The van der Waals surface area contributed by atoms with Gasteiger partial charge in [0.15, 0.2) is 11.6 Å². The quantitative estimate of drug-likeness (QED) is 0.418. The normalized spacial score (nSPS) is 12.0. The first kappa shape index (κ1) is 20.0. The van der Waals surface area contributed by atoms with Gasteiger partial charge in [-0.1, -0.05) is 36.4 Å². The molecule has 0 spiro atoms. The van der Waals surface area contributed by atoms with Gasteiger partial charge in [0.05, 0.1) is 22.7 Å². The molecule has 1 unspecified atom stereocenters. The molecule has 4 aromatic heterocycles. The minimum Gasteiger partial charge on any atom is -0.361 e. The van der Waals surface area contributed by atoms with Crippen LogP contribution in [0.25, 0.3) is 28.0 Å². The van der Waals surface area contributed by atoms with Crippen molar-refractivity contribution in [3.8, 4) is 22.5 Å². The van der Waals surface area contributed by atoms with Crippen LogP contribution in [0.1, 0.15) is 5.69 Å². The highest BCUT2D eigenvalue weighted by Gasteiger charge is 2.17. The van der Waals surface area contributed by atoms with Crippen LogP contribution in [-0.4, -0.2) is 28.8 Å². The number of benzene rings is 1. The standard InChI is InChI=1S/C23H19N7OS/c24-32(31)19-12-17(13-25-15-19)23-29-28-22(27-14-18-8-4-5-10-26-18)21-20(9-11-30(21)23)16-6-2-1-3-7-16/h1-13,15H,14,24H2,(H,27,28). The molecule has 0 saturated heterocycles. The fraction of sp³-hybridized carbons (Fsp3) is 0.0435. The lowest BCUT2D eigenvalue weighted by Gasteiger charge is -2.12. The van der Waals surface area contributed by atoms with E-state index in [0.717, 1.165) is 22.3 Å². The van der Waals surface area contributed by atoms with Gasteiger partial charge in [-0.15, -0.1) is 10.2 Å². The molecule has 0 fully saturated rings. The van der Waals surface area contributed by atoms with E-state index in [9.17, 15) is 4.21 Å². The van der Waals surface area contributed by atoms with Crippen LogP contribution in [0.2, 0.25) is 0 Å². The molecule has 32 heavy (non-hydrogen) atoms. The van der Waals surface area contributed by atoms with Crippen LogP contribution in [0.15, 0.2) is 90.3 Å². The van der Waals surface area contributed by atoms with Crippen LogP contribution in [0.5, 0.6) is 0 Å². The summed E-state index contributed by atoms with van der Waals surface area (Å²) in [6.07, 6.45) is 6.84. The zero-order valence-electron chi connectivity index (χ0n) is 16.9. The predicted octanol–water partition coefficient (Wildman–Crippen LogP) is 3.45. The Labute approximate surface area is 186 Å². The van der Waals surface area contributed by atoms with Gasteiger partial charge in [0.25, 0.3) is 0 Å². The van der Waals surface area contributed by atoms with Gasteiger partial charge in [-0.25, -0.2) is 9.35 Å². The molecule has 0 aliphatic rings. The number of pyridine rings is 2. The highest BCUT2D eigenvalue weighted by Crippen LogP contribution is 2.32. The topological polar surface area (TPSA) is 111 Å². The molecule has 5 aromatic rings. The molecule has 3 N–H and O–H groups in total. The summed E-state index contributed by atoms with van der Waals surface area (Å²) in [5.41, 5.74) is 4.51. The molecule has 5 rings (SSSR count). The van der Waals surface area contributed by atoms with Crippen molar-refractivity contribution in [2.75, 3.05) is 5.32 Å². The van der Waals surface area contributed by atoms with Gasteiger partial charge in [0.1, 0.15) is 11.0 Å². The molecular weight excluding hydrogens is 422 g/mol. The smallest absolute Gasteiger partial charge is 0.174 e. The number of hydrogen-bond donors (Lipinski definition) is 2. The third-order valence-corrected chi connectivity index (χ3v) is 5.72. The molecule has 1 atom stereocenters. The molecule has 0 amide bonds. The Balaban J connectivity index is 1.66. The predicted molar refractivity (Wildman–Crippen MR) is 124 cm³/mol. The summed E-state index contributed by atoms with van der Waals surface area (Å²) < 4.78 is 13.7. The molecule has 0 aliphatic heterocycles. The number of aromatic nitrogens is 5. The van der Waals surface area contributed by atoms with E-state index in [1.165, 1.54) is 6.20 Å². The summed E-state index contributed by atoms with van der Waals surface area (Å²) in [7, 11) is -1.64. The van der Waals surface area contributed by atoms with Gasteiger partial charge >= 0.3 is 0 Å². The first-order valence-corrected chi connectivity index (χ1v) is 11.1. The van der Waals surface area contributed by atoms with E-state index in [2.05, 4.69) is 37.6 Å². The fourth-order valence-corrected chi connectivity index (χ4v) is 3.95. The summed E-state index contributed by atoms with van der Waals surface area (Å²) in [5.74, 6) is 1.21. The lowest BCUT2D eigenvalue weighted by molar-refractivity contribution is 0.684. The third kappa shape index (κ3) is 3.86. The molecular formula is C23H19N7OS. The van der Waals surface area contributed by atoms with Crippen LogP contribution in [0.3, 0.4) is 0 Å². The molecule has 0 saturated carbocycles. The van der Waals surface area contributed by atoms with Gasteiger partial charge in [0.2, 0.25) is 0 Å². The average molecular weight is 442 g/mol. The maximum absolute atomic E-state index is 11.7. The number of hydrogen-bond acceptors (Lipinski definition) is 6. The number of nitrogens with two attached hydrogens (primary N) is 1. The van der Waals surface area contributed by atoms with E-state index in [-0.39, 0.29) is 0 Å². The molecule has 158 valence electrons. The minimum absolute atomic E-state index is 0.422. The van der Waals surface area contributed by atoms with Crippen molar-refractivity contribution in [2.45, 2.75) is 11.4 Å². The summed E-state index contributed by atoms with van der Waals surface area (Å²) in [6.45, 7) is 0.507. The second-order valence-corrected chi connectivity index (χ2v) is 8.13. The van der Waals surface area contributed by atoms with Gasteiger partial charge in [-0.05, 0) is 29.8 Å². The highest BCUT2D eigenvalue weighted by atomic mass is 32.2. The molecule has 1 aromatic carbocycles. The Morgan fingerprint density at radius 1 is 0.969 bits per heavy atom. The van der Waals surface area contributed by atoms with E-state index < -0.39 is 11.0 Å². The Morgan fingerprint density at radius 2 is 1.81 bits per heavy atom. The number of anilines is 1. The van der Waals surface area contributed by atoms with E-state index in [0.29, 0.717) is 28.6 Å². The number of nitrogens with one attached hydrogen (secondary N) is 1. The minimum atomic E-state index is -1.64. The monoisotopic (exact) mass is 441 g/mol. The van der Waals surface area contributed by atoms with Crippen molar-refractivity contribution >= 4 is 22.3 Å². The van der Waals surface area contributed by atoms with Crippen molar-refractivity contribution in [1.29, 1.82) is 0 Å². The molecule has 0 radical (unpaired) electrons. The van der Waals surface area contributed by atoms with E-state index in [4.69, 9.17) is 5.14 Å². The highest BCUT2D eigenvalue weighted by molar-refractivity contribution is 7.82. The summed E-state index contributed by atoms with van der Waals surface area (Å²) in [5, 5.41) is 17.8. The summed E-state index contributed by atoms with van der Waals surface area (Å²) in [6, 6.07) is 19.6. The lowest BCUT2D eigenvalue weighted by atomic mass is 10.1. The first-order valence-electron chi connectivity index (χ1n) is 9.89. The Kier molecular flexibility index (Phi) is 5.40. The van der Waals surface area contributed by atoms with Gasteiger partial charge in [-0.3, -0.25) is 14.4 Å². The zero-order valence-corrected chi connectivity index (χ0v) is 17.7. The van der Waals surface area contributed by atoms with Crippen molar-refractivity contribution < 1.29 is 4.21 Å². The van der Waals surface area contributed by atoms with Gasteiger partial charge in [-0.2, -0.15) is 0 Å². The maximum atomic E-state index is 11.7. The first-order chi connectivity index (χ1) is 15.7. The van der Waals surface area contributed by atoms with Gasteiger partial charge < -0.3 is 5.32 Å².